The summed E-state index contributed by atoms with van der Waals surface area (Å²) in [6, 6.07) is 51.6. The molecule has 7 nitrogen and oxygen atoms in total. The van der Waals surface area contributed by atoms with Crippen molar-refractivity contribution in [1.29, 1.82) is 0 Å². The smallest absolute Gasteiger partial charge is 0.157 e. The molecule has 49 heavy (non-hydrogen) atoms. The van der Waals surface area contributed by atoms with Crippen LogP contribution >= 0.6 is 0 Å². The quantitative estimate of drug-likeness (QED) is 0.154. The lowest BCUT2D eigenvalue weighted by atomic mass is 9.96. The van der Waals surface area contributed by atoms with Crippen LogP contribution in [0.25, 0.3) is 68.1 Å². The molecule has 0 spiro atoms. The number of rotatable bonds is 8. The molecule has 0 aliphatic carbocycles. The summed E-state index contributed by atoms with van der Waals surface area (Å²) in [6.45, 7) is 1.71. The minimum atomic E-state index is -1.51. The first-order chi connectivity index (χ1) is 24.0. The molecule has 4 aromatic carbocycles. The minimum absolute atomic E-state index is 0.447. The van der Waals surface area contributed by atoms with E-state index in [0.29, 0.717) is 34.4 Å². The molecular weight excluding hydrogens is 605 g/mol. The Hall–Kier alpha value is -6.44. The first-order valence-corrected chi connectivity index (χ1v) is 16.1. The van der Waals surface area contributed by atoms with Gasteiger partial charge in [-0.3, -0.25) is 0 Å². The molecule has 0 saturated heterocycles. The van der Waals surface area contributed by atoms with Gasteiger partial charge in [0.15, 0.2) is 11.6 Å². The van der Waals surface area contributed by atoms with Gasteiger partial charge in [-0.1, -0.05) is 133 Å². The molecule has 0 aliphatic rings. The fourth-order valence-corrected chi connectivity index (χ4v) is 6.03. The largest absolute Gasteiger partial charge is 0.377 e. The van der Waals surface area contributed by atoms with Crippen molar-refractivity contribution in [2.24, 2.45) is 0 Å². The van der Waals surface area contributed by atoms with Crippen LogP contribution in [-0.4, -0.2) is 35.0 Å². The maximum absolute atomic E-state index is 12.0. The molecule has 8 aromatic rings. The molecule has 4 heterocycles. The third kappa shape index (κ3) is 5.84. The minimum Gasteiger partial charge on any atom is -0.377 e. The average molecular weight is 637 g/mol. The van der Waals surface area contributed by atoms with Crippen molar-refractivity contribution in [2.75, 3.05) is 0 Å². The van der Waals surface area contributed by atoms with Crippen LogP contribution in [-0.2, 0) is 5.60 Å². The number of aromatic amines is 2. The second-order valence-electron chi connectivity index (χ2n) is 12.0. The van der Waals surface area contributed by atoms with Gasteiger partial charge in [0.2, 0.25) is 0 Å². The summed E-state index contributed by atoms with van der Waals surface area (Å²) in [6.07, 6.45) is 0. The molecule has 0 atom stereocenters. The summed E-state index contributed by atoms with van der Waals surface area (Å²) in [5, 5.41) is 12.0. The van der Waals surface area contributed by atoms with E-state index in [0.717, 1.165) is 45.0 Å². The summed E-state index contributed by atoms with van der Waals surface area (Å²) in [5.74, 6) is 1.21. The number of benzene rings is 4. The van der Waals surface area contributed by atoms with E-state index in [1.165, 1.54) is 0 Å². The topological polar surface area (TPSA) is 103 Å². The third-order valence-corrected chi connectivity index (χ3v) is 8.61. The molecule has 3 N–H and O–H groups in total. The number of pyridine rings is 2. The Morgan fingerprint density at radius 1 is 0.408 bits per heavy atom. The Morgan fingerprint density at radius 3 is 1.12 bits per heavy atom. The van der Waals surface area contributed by atoms with Crippen LogP contribution < -0.4 is 0 Å². The second-order valence-corrected chi connectivity index (χ2v) is 12.0. The van der Waals surface area contributed by atoms with Gasteiger partial charge in [0.25, 0.3) is 0 Å². The van der Waals surface area contributed by atoms with E-state index in [4.69, 9.17) is 19.9 Å². The summed E-state index contributed by atoms with van der Waals surface area (Å²) in [5.41, 5.74) is 8.10. The SMILES string of the molecule is CC(O)(c1cccc(-c2nc(-c3ccccc3)c(-c3ccccc3)[nH]2)n1)c1cccc(-c2nc(-c3ccccc3)c(-c3ccccc3)[nH]2)n1. The fourth-order valence-electron chi connectivity index (χ4n) is 6.03. The molecular formula is C42H32N6O. The highest BCUT2D eigenvalue weighted by atomic mass is 16.3. The van der Waals surface area contributed by atoms with Crippen LogP contribution in [0.4, 0.5) is 0 Å². The first kappa shape index (κ1) is 29.9. The van der Waals surface area contributed by atoms with Crippen molar-refractivity contribution in [3.8, 4) is 68.1 Å². The number of nitrogens with zero attached hydrogens (tertiary/aromatic N) is 4. The molecule has 0 fully saturated rings. The van der Waals surface area contributed by atoms with E-state index in [2.05, 4.69) is 34.2 Å². The Balaban J connectivity index is 1.17. The maximum Gasteiger partial charge on any atom is 0.157 e. The highest BCUT2D eigenvalue weighted by molar-refractivity contribution is 5.82. The molecule has 0 aliphatic heterocycles. The number of aliphatic hydroxyl groups is 1. The monoisotopic (exact) mass is 636 g/mol. The zero-order valence-corrected chi connectivity index (χ0v) is 26.7. The van der Waals surface area contributed by atoms with Crippen molar-refractivity contribution in [3.05, 3.63) is 169 Å². The van der Waals surface area contributed by atoms with E-state index < -0.39 is 5.60 Å². The lowest BCUT2D eigenvalue weighted by Crippen LogP contribution is -2.26. The van der Waals surface area contributed by atoms with E-state index >= 15 is 0 Å². The Kier molecular flexibility index (Phi) is 7.72. The zero-order chi connectivity index (χ0) is 33.2. The lowest BCUT2D eigenvalue weighted by molar-refractivity contribution is 0.0929. The average Bonchev–Trinajstić information content (AvgIpc) is 3.83. The van der Waals surface area contributed by atoms with Crippen molar-refractivity contribution >= 4 is 0 Å². The first-order valence-electron chi connectivity index (χ1n) is 16.1. The zero-order valence-electron chi connectivity index (χ0n) is 26.7. The van der Waals surface area contributed by atoms with Crippen molar-refractivity contribution in [2.45, 2.75) is 12.5 Å². The van der Waals surface area contributed by atoms with Crippen molar-refractivity contribution < 1.29 is 5.11 Å². The van der Waals surface area contributed by atoms with Crippen molar-refractivity contribution in [1.82, 2.24) is 29.9 Å². The summed E-state index contributed by atoms with van der Waals surface area (Å²) in [7, 11) is 0. The highest BCUT2D eigenvalue weighted by Gasteiger charge is 2.30. The van der Waals surface area contributed by atoms with Gasteiger partial charge >= 0.3 is 0 Å². The van der Waals surface area contributed by atoms with Crippen LogP contribution in [0.1, 0.15) is 18.3 Å². The number of H-pyrrole nitrogens is 2. The van der Waals surface area contributed by atoms with Crippen LogP contribution in [0, 0.1) is 0 Å². The molecule has 7 heteroatoms. The number of imidazole rings is 2. The normalized spacial score (nSPS) is 11.5. The lowest BCUT2D eigenvalue weighted by Gasteiger charge is -2.23. The fraction of sp³-hybridized carbons (Fsp3) is 0.0476. The predicted octanol–water partition coefficient (Wildman–Crippen LogP) is 9.18. The molecule has 8 rings (SSSR count). The summed E-state index contributed by atoms with van der Waals surface area (Å²) < 4.78 is 0. The maximum atomic E-state index is 12.0. The summed E-state index contributed by atoms with van der Waals surface area (Å²) in [4.78, 5) is 26.9. The van der Waals surface area contributed by atoms with E-state index in [9.17, 15) is 5.11 Å². The molecule has 0 radical (unpaired) electrons. The number of hydrogen-bond donors (Lipinski definition) is 3. The molecule has 236 valence electrons. The van der Waals surface area contributed by atoms with Crippen LogP contribution in [0.3, 0.4) is 0 Å². The predicted molar refractivity (Wildman–Crippen MR) is 194 cm³/mol. The molecule has 0 saturated carbocycles. The number of hydrogen-bond acceptors (Lipinski definition) is 5. The molecule has 0 unspecified atom stereocenters. The number of aromatic nitrogens is 6. The molecule has 0 bridgehead atoms. The van der Waals surface area contributed by atoms with Gasteiger partial charge in [-0.25, -0.2) is 19.9 Å². The van der Waals surface area contributed by atoms with Gasteiger partial charge < -0.3 is 15.1 Å². The Bertz CT molecular complexity index is 2070. The highest BCUT2D eigenvalue weighted by Crippen LogP contribution is 2.36. The van der Waals surface area contributed by atoms with Gasteiger partial charge in [-0.2, -0.15) is 0 Å². The summed E-state index contributed by atoms with van der Waals surface area (Å²) >= 11 is 0. The van der Waals surface area contributed by atoms with Crippen LogP contribution in [0.5, 0.6) is 0 Å². The van der Waals surface area contributed by atoms with E-state index in [-0.39, 0.29) is 0 Å². The van der Waals surface area contributed by atoms with E-state index in [1.54, 1.807) is 6.92 Å². The molecule has 4 aromatic heterocycles. The van der Waals surface area contributed by atoms with Crippen LogP contribution in [0.15, 0.2) is 158 Å². The standard InChI is InChI=1S/C42H32N6O/c1-42(49,34-26-14-24-32(43-34)40-45-36(28-16-6-2-7-17-28)37(46-40)29-18-8-3-9-19-29)35-27-15-25-33(44-35)41-47-38(30-20-10-4-11-21-30)39(48-41)31-22-12-5-13-23-31/h2-27,49H,1H3,(H,45,46)(H,47,48). The van der Waals surface area contributed by atoms with Crippen LogP contribution in [0.2, 0.25) is 0 Å². The van der Waals surface area contributed by atoms with Gasteiger partial charge in [-0.05, 0) is 31.2 Å². The van der Waals surface area contributed by atoms with E-state index in [1.807, 2.05) is 133 Å². The second kappa shape index (κ2) is 12.6. The Labute approximate surface area is 284 Å². The Morgan fingerprint density at radius 2 is 0.755 bits per heavy atom. The number of nitrogens with one attached hydrogen (secondary N) is 2. The van der Waals surface area contributed by atoms with Gasteiger partial charge in [0.05, 0.1) is 34.2 Å². The van der Waals surface area contributed by atoms with Crippen molar-refractivity contribution in [3.63, 3.8) is 0 Å². The van der Waals surface area contributed by atoms with Gasteiger partial charge in [-0.15, -0.1) is 0 Å². The molecule has 0 amide bonds. The van der Waals surface area contributed by atoms with Gasteiger partial charge in [0, 0.05) is 22.3 Å². The third-order valence-electron chi connectivity index (χ3n) is 8.61. The van der Waals surface area contributed by atoms with Gasteiger partial charge in [0.1, 0.15) is 17.0 Å².